The van der Waals surface area contributed by atoms with Crippen LogP contribution in [0.1, 0.15) is 16.1 Å². The maximum Gasteiger partial charge on any atom is 0.236 e. The Hall–Kier alpha value is -1.75. The SMILES string of the molecule is COc1cccc(OC)c1C(=O)c1occc1Br. The van der Waals surface area contributed by atoms with Crippen LogP contribution in [0.15, 0.2) is 39.4 Å². The van der Waals surface area contributed by atoms with Gasteiger partial charge in [0.1, 0.15) is 17.1 Å². The predicted molar refractivity (Wildman–Crippen MR) is 69.4 cm³/mol. The van der Waals surface area contributed by atoms with Crippen molar-refractivity contribution in [3.63, 3.8) is 0 Å². The Kier molecular flexibility index (Phi) is 3.72. The zero-order valence-electron chi connectivity index (χ0n) is 9.90. The highest BCUT2D eigenvalue weighted by Gasteiger charge is 2.23. The van der Waals surface area contributed by atoms with Gasteiger partial charge in [-0.15, -0.1) is 0 Å². The van der Waals surface area contributed by atoms with Gasteiger partial charge in [0.2, 0.25) is 5.78 Å². The van der Waals surface area contributed by atoms with Gasteiger partial charge in [-0.3, -0.25) is 4.79 Å². The summed E-state index contributed by atoms with van der Waals surface area (Å²) in [5.74, 6) is 0.823. The molecule has 5 heteroatoms. The molecule has 94 valence electrons. The number of hydrogen-bond acceptors (Lipinski definition) is 4. The normalized spacial score (nSPS) is 10.2. The van der Waals surface area contributed by atoms with Gasteiger partial charge in [-0.25, -0.2) is 0 Å². The second kappa shape index (κ2) is 5.27. The summed E-state index contributed by atoms with van der Waals surface area (Å²) in [6.45, 7) is 0. The Labute approximate surface area is 113 Å². The van der Waals surface area contributed by atoms with Crippen molar-refractivity contribution in [1.82, 2.24) is 0 Å². The van der Waals surface area contributed by atoms with E-state index in [9.17, 15) is 4.79 Å². The maximum absolute atomic E-state index is 12.4. The van der Waals surface area contributed by atoms with Gasteiger partial charge in [0.05, 0.1) is 25.0 Å². The van der Waals surface area contributed by atoms with E-state index in [1.165, 1.54) is 20.5 Å². The van der Waals surface area contributed by atoms with E-state index in [1.807, 2.05) is 0 Å². The molecule has 0 radical (unpaired) electrons. The monoisotopic (exact) mass is 310 g/mol. The fraction of sp³-hybridized carbons (Fsp3) is 0.154. The Morgan fingerprint density at radius 3 is 2.22 bits per heavy atom. The minimum absolute atomic E-state index is 0.220. The summed E-state index contributed by atoms with van der Waals surface area (Å²) in [6.07, 6.45) is 1.44. The number of hydrogen-bond donors (Lipinski definition) is 0. The predicted octanol–water partition coefficient (Wildman–Crippen LogP) is 3.29. The topological polar surface area (TPSA) is 48.7 Å². The van der Waals surface area contributed by atoms with Crippen molar-refractivity contribution in [1.29, 1.82) is 0 Å². The molecule has 0 unspecified atom stereocenters. The quantitative estimate of drug-likeness (QED) is 0.813. The van der Waals surface area contributed by atoms with Crippen molar-refractivity contribution in [2.24, 2.45) is 0 Å². The lowest BCUT2D eigenvalue weighted by molar-refractivity contribution is 0.100. The Balaban J connectivity index is 2.56. The first-order chi connectivity index (χ1) is 8.69. The third-order valence-corrected chi connectivity index (χ3v) is 3.10. The van der Waals surface area contributed by atoms with E-state index < -0.39 is 0 Å². The highest BCUT2D eigenvalue weighted by Crippen LogP contribution is 2.32. The Morgan fingerprint density at radius 2 is 1.78 bits per heavy atom. The first kappa shape index (κ1) is 12.7. The molecule has 0 aliphatic heterocycles. The van der Waals surface area contributed by atoms with Crippen molar-refractivity contribution in [2.45, 2.75) is 0 Å². The van der Waals surface area contributed by atoms with E-state index in [1.54, 1.807) is 24.3 Å². The Bertz CT molecular complexity index is 552. The van der Waals surface area contributed by atoms with Gasteiger partial charge in [0, 0.05) is 0 Å². The van der Waals surface area contributed by atoms with Crippen molar-refractivity contribution in [3.05, 3.63) is 46.3 Å². The van der Waals surface area contributed by atoms with E-state index in [4.69, 9.17) is 13.9 Å². The van der Waals surface area contributed by atoms with Gasteiger partial charge in [-0.1, -0.05) is 6.07 Å². The number of benzene rings is 1. The largest absolute Gasteiger partial charge is 0.496 e. The van der Waals surface area contributed by atoms with E-state index in [2.05, 4.69) is 15.9 Å². The zero-order valence-corrected chi connectivity index (χ0v) is 11.5. The van der Waals surface area contributed by atoms with Crippen molar-refractivity contribution in [3.8, 4) is 11.5 Å². The average molecular weight is 311 g/mol. The molecule has 0 bridgehead atoms. The van der Waals surface area contributed by atoms with Crippen molar-refractivity contribution < 1.29 is 18.7 Å². The lowest BCUT2D eigenvalue weighted by atomic mass is 10.1. The average Bonchev–Trinajstić information content (AvgIpc) is 2.83. The highest BCUT2D eigenvalue weighted by molar-refractivity contribution is 9.10. The smallest absolute Gasteiger partial charge is 0.236 e. The summed E-state index contributed by atoms with van der Waals surface area (Å²) in [7, 11) is 3.01. The number of ketones is 1. The molecule has 2 aromatic rings. The molecule has 0 amide bonds. The lowest BCUT2D eigenvalue weighted by Crippen LogP contribution is -2.06. The number of carbonyl (C=O) groups is 1. The first-order valence-electron chi connectivity index (χ1n) is 5.17. The van der Waals surface area contributed by atoms with Crippen LogP contribution in [-0.2, 0) is 0 Å². The van der Waals surface area contributed by atoms with Gasteiger partial charge in [-0.05, 0) is 34.1 Å². The maximum atomic E-state index is 12.4. The van der Waals surface area contributed by atoms with Crippen LogP contribution in [0.25, 0.3) is 0 Å². The molecular formula is C13H11BrO4. The molecule has 4 nitrogen and oxygen atoms in total. The van der Waals surface area contributed by atoms with Gasteiger partial charge < -0.3 is 13.9 Å². The fourth-order valence-electron chi connectivity index (χ4n) is 1.64. The minimum atomic E-state index is -0.291. The molecule has 2 rings (SSSR count). The molecule has 0 saturated carbocycles. The third-order valence-electron chi connectivity index (χ3n) is 2.48. The third kappa shape index (κ3) is 2.13. The highest BCUT2D eigenvalue weighted by atomic mass is 79.9. The zero-order chi connectivity index (χ0) is 13.1. The molecule has 0 atom stereocenters. The number of carbonyl (C=O) groups excluding carboxylic acids is 1. The number of methoxy groups -OCH3 is 2. The summed E-state index contributed by atoms with van der Waals surface area (Å²) >= 11 is 3.26. The Morgan fingerprint density at radius 1 is 1.17 bits per heavy atom. The van der Waals surface area contributed by atoms with E-state index in [-0.39, 0.29) is 11.5 Å². The van der Waals surface area contributed by atoms with Crippen molar-refractivity contribution >= 4 is 21.7 Å². The summed E-state index contributed by atoms with van der Waals surface area (Å²) in [5.41, 5.74) is 0.346. The molecule has 0 aliphatic rings. The van der Waals surface area contributed by atoms with Gasteiger partial charge in [-0.2, -0.15) is 0 Å². The second-order valence-electron chi connectivity index (χ2n) is 3.46. The molecule has 1 aromatic carbocycles. The number of halogens is 1. The van der Waals surface area contributed by atoms with Crippen LogP contribution in [0.3, 0.4) is 0 Å². The van der Waals surface area contributed by atoms with Gasteiger partial charge >= 0.3 is 0 Å². The molecule has 0 aliphatic carbocycles. The first-order valence-corrected chi connectivity index (χ1v) is 5.97. The number of rotatable bonds is 4. The second-order valence-corrected chi connectivity index (χ2v) is 4.32. The van der Waals surface area contributed by atoms with Gasteiger partial charge in [0.25, 0.3) is 0 Å². The molecule has 18 heavy (non-hydrogen) atoms. The summed E-state index contributed by atoms with van der Waals surface area (Å²) in [6, 6.07) is 6.82. The molecule has 0 saturated heterocycles. The minimum Gasteiger partial charge on any atom is -0.496 e. The molecule has 1 aromatic heterocycles. The molecule has 1 heterocycles. The van der Waals surface area contributed by atoms with Crippen molar-refractivity contribution in [2.75, 3.05) is 14.2 Å². The van der Waals surface area contributed by atoms with Crippen LogP contribution >= 0.6 is 15.9 Å². The van der Waals surface area contributed by atoms with Crippen LogP contribution in [0, 0.1) is 0 Å². The van der Waals surface area contributed by atoms with E-state index >= 15 is 0 Å². The van der Waals surface area contributed by atoms with E-state index in [0.29, 0.717) is 21.5 Å². The number of ether oxygens (including phenoxy) is 2. The standard InChI is InChI=1S/C13H11BrO4/c1-16-9-4-3-5-10(17-2)11(9)12(15)13-8(14)6-7-18-13/h3-7H,1-2H3. The fourth-order valence-corrected chi connectivity index (χ4v) is 2.03. The molecule has 0 N–H and O–H groups in total. The molecule has 0 fully saturated rings. The summed E-state index contributed by atoms with van der Waals surface area (Å²) in [5, 5.41) is 0. The van der Waals surface area contributed by atoms with Crippen LogP contribution in [0.5, 0.6) is 11.5 Å². The van der Waals surface area contributed by atoms with E-state index in [0.717, 1.165) is 0 Å². The number of furan rings is 1. The van der Waals surface area contributed by atoms with Crippen LogP contribution in [-0.4, -0.2) is 20.0 Å². The summed E-state index contributed by atoms with van der Waals surface area (Å²) in [4.78, 5) is 12.4. The lowest BCUT2D eigenvalue weighted by Gasteiger charge is -2.10. The molecular weight excluding hydrogens is 300 g/mol. The summed E-state index contributed by atoms with van der Waals surface area (Å²) < 4.78 is 16.1. The van der Waals surface area contributed by atoms with Gasteiger partial charge in [0.15, 0.2) is 5.76 Å². The van der Waals surface area contributed by atoms with Crippen LogP contribution in [0.2, 0.25) is 0 Å². The van der Waals surface area contributed by atoms with Crippen LogP contribution < -0.4 is 9.47 Å². The van der Waals surface area contributed by atoms with Crippen LogP contribution in [0.4, 0.5) is 0 Å². The molecule has 0 spiro atoms.